The lowest BCUT2D eigenvalue weighted by atomic mass is 10.2. The van der Waals surface area contributed by atoms with E-state index in [2.05, 4.69) is 10.6 Å². The molecule has 0 saturated heterocycles. The summed E-state index contributed by atoms with van der Waals surface area (Å²) in [5, 5.41) is 5.89. The van der Waals surface area contributed by atoms with Crippen molar-refractivity contribution in [3.05, 3.63) is 76.8 Å². The molecule has 0 saturated carbocycles. The summed E-state index contributed by atoms with van der Waals surface area (Å²) in [5.74, 6) is 0.987. The molecule has 1 aliphatic heterocycles. The van der Waals surface area contributed by atoms with Crippen molar-refractivity contribution in [2.45, 2.75) is 17.6 Å². The van der Waals surface area contributed by atoms with Crippen LogP contribution in [-0.2, 0) is 15.6 Å². The average molecular weight is 459 g/mol. The van der Waals surface area contributed by atoms with Gasteiger partial charge in [0.15, 0.2) is 21.3 Å². The van der Waals surface area contributed by atoms with Gasteiger partial charge in [-0.05, 0) is 54.4 Å². The molecule has 0 spiro atoms. The quantitative estimate of drug-likeness (QED) is 0.561. The van der Waals surface area contributed by atoms with Gasteiger partial charge in [0.1, 0.15) is 0 Å². The fourth-order valence-corrected chi connectivity index (χ4v) is 4.94. The van der Waals surface area contributed by atoms with Gasteiger partial charge in [0.05, 0.1) is 10.6 Å². The molecule has 1 aliphatic rings. The van der Waals surface area contributed by atoms with Crippen molar-refractivity contribution >= 4 is 38.8 Å². The van der Waals surface area contributed by atoms with Crippen molar-refractivity contribution in [3.8, 4) is 11.5 Å². The molecule has 3 aromatic carbocycles. The molecule has 31 heavy (non-hydrogen) atoms. The zero-order valence-electron chi connectivity index (χ0n) is 16.5. The number of sulfone groups is 1. The predicted octanol–water partition coefficient (Wildman–Crippen LogP) is 5.00. The molecule has 0 fully saturated rings. The van der Waals surface area contributed by atoms with Crippen LogP contribution in [0.3, 0.4) is 0 Å². The van der Waals surface area contributed by atoms with Gasteiger partial charge >= 0.3 is 6.03 Å². The van der Waals surface area contributed by atoms with Gasteiger partial charge in [0.25, 0.3) is 0 Å². The normalized spacial score (nSPS) is 12.5. The molecule has 0 atom stereocenters. The minimum atomic E-state index is -3.63. The van der Waals surface area contributed by atoms with Crippen LogP contribution < -0.4 is 20.1 Å². The number of ether oxygens (including phenoxy) is 2. The molecule has 1 heterocycles. The van der Waals surface area contributed by atoms with E-state index >= 15 is 0 Å². The molecule has 0 unspecified atom stereocenters. The Hall–Kier alpha value is -3.23. The average Bonchev–Trinajstić information content (AvgIpc) is 3.19. The number of anilines is 2. The predicted molar refractivity (Wildman–Crippen MR) is 119 cm³/mol. The fraction of sp³-hybridized carbons (Fsp3) is 0.136. The molecule has 0 aromatic heterocycles. The van der Waals surface area contributed by atoms with E-state index in [9.17, 15) is 13.2 Å². The van der Waals surface area contributed by atoms with Crippen LogP contribution in [0.25, 0.3) is 0 Å². The van der Waals surface area contributed by atoms with Crippen LogP contribution in [0.1, 0.15) is 11.1 Å². The third kappa shape index (κ3) is 4.92. The van der Waals surface area contributed by atoms with Crippen molar-refractivity contribution in [2.24, 2.45) is 0 Å². The van der Waals surface area contributed by atoms with Gasteiger partial charge in [-0.1, -0.05) is 29.8 Å². The topological polar surface area (TPSA) is 93.7 Å². The number of aryl methyl sites for hydroxylation is 1. The Labute approximate surface area is 184 Å². The van der Waals surface area contributed by atoms with Crippen molar-refractivity contribution in [1.29, 1.82) is 0 Å². The maximum absolute atomic E-state index is 13.0. The van der Waals surface area contributed by atoms with Crippen LogP contribution in [0.15, 0.2) is 65.6 Å². The lowest BCUT2D eigenvalue weighted by Crippen LogP contribution is -2.19. The molecule has 4 rings (SSSR count). The molecule has 7 nitrogen and oxygen atoms in total. The number of urea groups is 1. The smallest absolute Gasteiger partial charge is 0.323 e. The Kier molecular flexibility index (Phi) is 5.75. The first-order valence-electron chi connectivity index (χ1n) is 9.36. The number of fused-ring (bicyclic) bond motifs is 1. The molecule has 0 aliphatic carbocycles. The maximum atomic E-state index is 13.0. The standard InChI is InChI=1S/C22H19ClN2O5S/c1-14-2-7-18(11-21(14)31(27,28)12-15-3-5-16(23)6-4-15)25-22(26)24-17-8-9-19-20(10-17)30-13-29-19/h2-11H,12-13H2,1H3,(H2,24,25,26). The van der Waals surface area contributed by atoms with Crippen LogP contribution in [0.2, 0.25) is 5.02 Å². The summed E-state index contributed by atoms with van der Waals surface area (Å²) in [6.45, 7) is 1.85. The summed E-state index contributed by atoms with van der Waals surface area (Å²) in [5.41, 5.74) is 2.10. The number of nitrogens with one attached hydrogen (secondary N) is 2. The maximum Gasteiger partial charge on any atom is 0.323 e. The van der Waals surface area contributed by atoms with E-state index in [-0.39, 0.29) is 17.4 Å². The first-order valence-corrected chi connectivity index (χ1v) is 11.4. The number of halogens is 1. The fourth-order valence-electron chi connectivity index (χ4n) is 3.16. The third-order valence-electron chi connectivity index (χ3n) is 4.68. The Morgan fingerprint density at radius 1 is 0.935 bits per heavy atom. The lowest BCUT2D eigenvalue weighted by molar-refractivity contribution is 0.174. The van der Waals surface area contributed by atoms with E-state index < -0.39 is 15.9 Å². The van der Waals surface area contributed by atoms with Gasteiger partial charge < -0.3 is 20.1 Å². The van der Waals surface area contributed by atoms with Crippen LogP contribution in [-0.4, -0.2) is 21.2 Å². The molecule has 9 heteroatoms. The minimum absolute atomic E-state index is 0.140. The molecule has 2 amide bonds. The second kappa shape index (κ2) is 8.49. The van der Waals surface area contributed by atoms with Gasteiger partial charge in [-0.25, -0.2) is 13.2 Å². The highest BCUT2D eigenvalue weighted by atomic mass is 35.5. The van der Waals surface area contributed by atoms with E-state index in [0.717, 1.165) is 0 Å². The Morgan fingerprint density at radius 3 is 2.32 bits per heavy atom. The SMILES string of the molecule is Cc1ccc(NC(=O)Nc2ccc3c(c2)OCO3)cc1S(=O)(=O)Cc1ccc(Cl)cc1. The number of benzene rings is 3. The molecule has 2 N–H and O–H groups in total. The molecule has 0 bridgehead atoms. The second-order valence-electron chi connectivity index (χ2n) is 7.01. The summed E-state index contributed by atoms with van der Waals surface area (Å²) in [6.07, 6.45) is 0. The molecule has 0 radical (unpaired) electrons. The van der Waals surface area contributed by atoms with Gasteiger partial charge in [-0.3, -0.25) is 0 Å². The first-order chi connectivity index (χ1) is 14.8. The first kappa shape index (κ1) is 21.0. The van der Waals surface area contributed by atoms with Crippen molar-refractivity contribution < 1.29 is 22.7 Å². The van der Waals surface area contributed by atoms with E-state index in [4.69, 9.17) is 21.1 Å². The summed E-state index contributed by atoms with van der Waals surface area (Å²) in [7, 11) is -3.63. The van der Waals surface area contributed by atoms with Gasteiger partial charge in [0, 0.05) is 22.5 Å². The summed E-state index contributed by atoms with van der Waals surface area (Å²) in [6, 6.07) is 15.9. The molecular formula is C22H19ClN2O5S. The third-order valence-corrected chi connectivity index (χ3v) is 6.76. The number of amides is 2. The van der Waals surface area contributed by atoms with E-state index in [1.165, 1.54) is 6.07 Å². The highest BCUT2D eigenvalue weighted by Gasteiger charge is 2.19. The van der Waals surface area contributed by atoms with Crippen molar-refractivity contribution in [2.75, 3.05) is 17.4 Å². The van der Waals surface area contributed by atoms with Crippen molar-refractivity contribution in [1.82, 2.24) is 0 Å². The second-order valence-corrected chi connectivity index (χ2v) is 9.41. The molecule has 160 valence electrons. The van der Waals surface area contributed by atoms with Crippen LogP contribution >= 0.6 is 11.6 Å². The minimum Gasteiger partial charge on any atom is -0.454 e. The largest absolute Gasteiger partial charge is 0.454 e. The number of hydrogen-bond donors (Lipinski definition) is 2. The highest BCUT2D eigenvalue weighted by Crippen LogP contribution is 2.34. The number of rotatable bonds is 5. The van der Waals surface area contributed by atoms with Gasteiger partial charge in [-0.15, -0.1) is 0 Å². The number of carbonyl (C=O) groups excluding carboxylic acids is 1. The van der Waals surface area contributed by atoms with Gasteiger partial charge in [-0.2, -0.15) is 0 Å². The zero-order valence-corrected chi connectivity index (χ0v) is 18.1. The van der Waals surface area contributed by atoms with Crippen LogP contribution in [0.4, 0.5) is 16.2 Å². The van der Waals surface area contributed by atoms with Crippen LogP contribution in [0.5, 0.6) is 11.5 Å². The van der Waals surface area contributed by atoms with E-state index in [0.29, 0.717) is 39.0 Å². The van der Waals surface area contributed by atoms with E-state index in [1.54, 1.807) is 61.5 Å². The van der Waals surface area contributed by atoms with Crippen molar-refractivity contribution in [3.63, 3.8) is 0 Å². The van der Waals surface area contributed by atoms with Crippen LogP contribution in [0, 0.1) is 6.92 Å². The Morgan fingerprint density at radius 2 is 1.58 bits per heavy atom. The molecular weight excluding hydrogens is 440 g/mol. The summed E-state index contributed by atoms with van der Waals surface area (Å²) in [4.78, 5) is 12.6. The monoisotopic (exact) mass is 458 g/mol. The summed E-state index contributed by atoms with van der Waals surface area (Å²) < 4.78 is 36.5. The summed E-state index contributed by atoms with van der Waals surface area (Å²) >= 11 is 5.87. The number of carbonyl (C=O) groups is 1. The number of hydrogen-bond acceptors (Lipinski definition) is 5. The van der Waals surface area contributed by atoms with Gasteiger partial charge in [0.2, 0.25) is 6.79 Å². The Bertz CT molecular complexity index is 1240. The van der Waals surface area contributed by atoms with E-state index in [1.807, 2.05) is 0 Å². The lowest BCUT2D eigenvalue weighted by Gasteiger charge is -2.12. The Balaban J connectivity index is 1.49. The molecule has 3 aromatic rings. The highest BCUT2D eigenvalue weighted by molar-refractivity contribution is 7.90. The zero-order chi connectivity index (χ0) is 22.0.